The fourth-order valence-electron chi connectivity index (χ4n) is 4.98. The minimum absolute atomic E-state index is 0.0614. The first kappa shape index (κ1) is 21.1. The van der Waals surface area contributed by atoms with Gasteiger partial charge in [-0.05, 0) is 60.2 Å². The van der Waals surface area contributed by atoms with Gasteiger partial charge in [0.1, 0.15) is 0 Å². The average Bonchev–Trinajstić information content (AvgIpc) is 3.00. The van der Waals surface area contributed by atoms with E-state index in [1.165, 1.54) is 0 Å². The maximum atomic E-state index is 13.7. The number of ketones is 1. The number of ether oxygens (including phenoxy) is 2. The molecule has 0 radical (unpaired) electrons. The van der Waals surface area contributed by atoms with E-state index in [1.54, 1.807) is 14.2 Å². The number of methoxy groups -OCH3 is 2. The number of hydrogen-bond donors (Lipinski definition) is 2. The molecule has 0 spiro atoms. The van der Waals surface area contributed by atoms with Gasteiger partial charge < -0.3 is 20.1 Å². The predicted molar refractivity (Wildman–Crippen MR) is 131 cm³/mol. The van der Waals surface area contributed by atoms with Gasteiger partial charge in [0, 0.05) is 17.7 Å². The molecule has 3 aromatic rings. The van der Waals surface area contributed by atoms with Gasteiger partial charge >= 0.3 is 0 Å². The lowest BCUT2D eigenvalue weighted by molar-refractivity contribution is -0.116. The van der Waals surface area contributed by atoms with E-state index in [9.17, 15) is 4.79 Å². The van der Waals surface area contributed by atoms with Crippen LogP contribution in [0.15, 0.2) is 78.0 Å². The number of Topliss-reactive ketones (excluding diaryl/α,β-unsaturated/α-hetero) is 1. The highest BCUT2D eigenvalue weighted by atomic mass is 16.5. The van der Waals surface area contributed by atoms with Crippen LogP contribution in [0, 0.1) is 6.92 Å². The molecule has 1 heterocycles. The standard InChI is InChI=1S/C28H28N2O3/c1-17-8-4-5-9-20(17)28-27-23(29-21-10-6-7-11-22(21)30-28)14-19(15-24(27)31)18-12-13-25(32-2)26(16-18)33-3/h4-13,16,19,28-30H,14-15H2,1-3H3/t19-,28+/m1/s1. The van der Waals surface area contributed by atoms with Crippen molar-refractivity contribution in [3.05, 3.63) is 94.7 Å². The summed E-state index contributed by atoms with van der Waals surface area (Å²) in [5, 5.41) is 7.26. The van der Waals surface area contributed by atoms with Crippen molar-refractivity contribution in [1.29, 1.82) is 0 Å². The second-order valence-corrected chi connectivity index (χ2v) is 8.64. The van der Waals surface area contributed by atoms with Crippen LogP contribution in [0.25, 0.3) is 0 Å². The maximum Gasteiger partial charge on any atom is 0.163 e. The number of carbonyl (C=O) groups is 1. The van der Waals surface area contributed by atoms with E-state index < -0.39 is 0 Å². The first-order valence-electron chi connectivity index (χ1n) is 11.2. The molecule has 2 aliphatic rings. The van der Waals surface area contributed by atoms with E-state index >= 15 is 0 Å². The Morgan fingerprint density at radius 3 is 2.33 bits per heavy atom. The summed E-state index contributed by atoms with van der Waals surface area (Å²) in [5.74, 6) is 1.60. The third kappa shape index (κ3) is 3.84. The van der Waals surface area contributed by atoms with Crippen LogP contribution in [0.2, 0.25) is 0 Å². The number of hydrogen-bond acceptors (Lipinski definition) is 5. The van der Waals surface area contributed by atoms with Gasteiger partial charge in [0.2, 0.25) is 0 Å². The minimum atomic E-state index is -0.198. The zero-order valence-electron chi connectivity index (χ0n) is 19.1. The van der Waals surface area contributed by atoms with Gasteiger partial charge in [-0.2, -0.15) is 0 Å². The van der Waals surface area contributed by atoms with E-state index in [4.69, 9.17) is 9.47 Å². The van der Waals surface area contributed by atoms with Crippen LogP contribution in [0.3, 0.4) is 0 Å². The smallest absolute Gasteiger partial charge is 0.163 e. The van der Waals surface area contributed by atoms with Crippen molar-refractivity contribution in [2.75, 3.05) is 24.9 Å². The number of para-hydroxylation sites is 2. The Kier molecular flexibility index (Phi) is 5.55. The number of anilines is 2. The molecule has 0 saturated heterocycles. The van der Waals surface area contributed by atoms with Gasteiger partial charge in [-0.25, -0.2) is 0 Å². The molecule has 0 unspecified atom stereocenters. The summed E-state index contributed by atoms with van der Waals surface area (Å²) in [6.07, 6.45) is 1.20. The Morgan fingerprint density at radius 1 is 0.848 bits per heavy atom. The molecule has 1 aliphatic heterocycles. The Morgan fingerprint density at radius 2 is 1.58 bits per heavy atom. The monoisotopic (exact) mass is 440 g/mol. The SMILES string of the molecule is COc1ccc([C@H]2CC(=O)C3=C(C2)Nc2ccccc2N[C@H]3c2ccccc2C)cc1OC. The van der Waals surface area contributed by atoms with Gasteiger partial charge in [-0.1, -0.05) is 42.5 Å². The summed E-state index contributed by atoms with van der Waals surface area (Å²) >= 11 is 0. The van der Waals surface area contributed by atoms with Gasteiger partial charge in [0.15, 0.2) is 17.3 Å². The Bertz CT molecular complexity index is 1250. The molecule has 33 heavy (non-hydrogen) atoms. The lowest BCUT2D eigenvalue weighted by Crippen LogP contribution is -2.27. The Labute approximate surface area is 194 Å². The summed E-state index contributed by atoms with van der Waals surface area (Å²) in [5.41, 5.74) is 7.16. The minimum Gasteiger partial charge on any atom is -0.493 e. The maximum absolute atomic E-state index is 13.7. The molecule has 3 aromatic carbocycles. The fourth-order valence-corrected chi connectivity index (χ4v) is 4.98. The van der Waals surface area contributed by atoms with Crippen molar-refractivity contribution < 1.29 is 14.3 Å². The third-order valence-electron chi connectivity index (χ3n) is 6.69. The second-order valence-electron chi connectivity index (χ2n) is 8.64. The number of fused-ring (bicyclic) bond motifs is 1. The van der Waals surface area contributed by atoms with E-state index in [0.29, 0.717) is 17.9 Å². The number of carbonyl (C=O) groups excluding carboxylic acids is 1. The van der Waals surface area contributed by atoms with Crippen LogP contribution in [0.1, 0.15) is 41.5 Å². The lowest BCUT2D eigenvalue weighted by Gasteiger charge is -2.30. The van der Waals surface area contributed by atoms with Crippen LogP contribution in [0.4, 0.5) is 11.4 Å². The van der Waals surface area contributed by atoms with E-state index in [1.807, 2.05) is 42.5 Å². The van der Waals surface area contributed by atoms with Crippen molar-refractivity contribution in [1.82, 2.24) is 0 Å². The molecule has 0 amide bonds. The molecule has 0 aromatic heterocycles. The lowest BCUT2D eigenvalue weighted by atomic mass is 9.78. The average molecular weight is 441 g/mol. The van der Waals surface area contributed by atoms with Gasteiger partial charge in [0.25, 0.3) is 0 Å². The van der Waals surface area contributed by atoms with Crippen molar-refractivity contribution in [2.45, 2.75) is 31.7 Å². The summed E-state index contributed by atoms with van der Waals surface area (Å²) in [6.45, 7) is 2.10. The normalized spacial score (nSPS) is 19.5. The molecular formula is C28H28N2O3. The summed E-state index contributed by atoms with van der Waals surface area (Å²) in [4.78, 5) is 13.7. The van der Waals surface area contributed by atoms with E-state index in [-0.39, 0.29) is 17.7 Å². The van der Waals surface area contributed by atoms with Crippen molar-refractivity contribution >= 4 is 17.2 Å². The molecule has 0 fully saturated rings. The molecule has 1 aliphatic carbocycles. The number of allylic oxidation sites excluding steroid dienone is 1. The molecule has 2 atom stereocenters. The zero-order valence-corrected chi connectivity index (χ0v) is 19.1. The van der Waals surface area contributed by atoms with Gasteiger partial charge in [0.05, 0.1) is 31.6 Å². The molecule has 0 saturated carbocycles. The highest BCUT2D eigenvalue weighted by Gasteiger charge is 2.36. The quantitative estimate of drug-likeness (QED) is 0.522. The van der Waals surface area contributed by atoms with Crippen LogP contribution in [0.5, 0.6) is 11.5 Å². The van der Waals surface area contributed by atoms with Crippen LogP contribution >= 0.6 is 0 Å². The zero-order chi connectivity index (χ0) is 22.9. The number of nitrogens with one attached hydrogen (secondary N) is 2. The molecular weight excluding hydrogens is 412 g/mol. The van der Waals surface area contributed by atoms with Crippen molar-refractivity contribution in [2.24, 2.45) is 0 Å². The second kappa shape index (κ2) is 8.66. The van der Waals surface area contributed by atoms with Gasteiger partial charge in [-0.3, -0.25) is 4.79 Å². The first-order valence-corrected chi connectivity index (χ1v) is 11.2. The predicted octanol–water partition coefficient (Wildman–Crippen LogP) is 5.99. The number of aryl methyl sites for hydroxylation is 1. The van der Waals surface area contributed by atoms with Crippen LogP contribution < -0.4 is 20.1 Å². The molecule has 2 N–H and O–H groups in total. The highest BCUT2D eigenvalue weighted by molar-refractivity contribution is 6.01. The topological polar surface area (TPSA) is 59.6 Å². The molecule has 5 heteroatoms. The first-order chi connectivity index (χ1) is 16.1. The molecule has 168 valence electrons. The van der Waals surface area contributed by atoms with Crippen molar-refractivity contribution in [3.8, 4) is 11.5 Å². The number of rotatable bonds is 4. The number of benzene rings is 3. The molecule has 5 rings (SSSR count). The van der Waals surface area contributed by atoms with E-state index in [2.05, 4.69) is 41.8 Å². The van der Waals surface area contributed by atoms with Crippen molar-refractivity contribution in [3.63, 3.8) is 0 Å². The molecule has 5 nitrogen and oxygen atoms in total. The van der Waals surface area contributed by atoms with Crippen LogP contribution in [-0.4, -0.2) is 20.0 Å². The summed E-state index contributed by atoms with van der Waals surface area (Å²) in [7, 11) is 3.26. The van der Waals surface area contributed by atoms with Gasteiger partial charge in [-0.15, -0.1) is 0 Å². The van der Waals surface area contributed by atoms with Crippen LogP contribution in [-0.2, 0) is 4.79 Å². The summed E-state index contributed by atoms with van der Waals surface area (Å²) in [6, 6.07) is 22.2. The highest BCUT2D eigenvalue weighted by Crippen LogP contribution is 2.45. The Hall–Kier alpha value is -3.73. The molecule has 0 bridgehead atoms. The third-order valence-corrected chi connectivity index (χ3v) is 6.69. The Balaban J connectivity index is 1.59. The fraction of sp³-hybridized carbons (Fsp3) is 0.250. The summed E-state index contributed by atoms with van der Waals surface area (Å²) < 4.78 is 10.9. The largest absolute Gasteiger partial charge is 0.493 e. The van der Waals surface area contributed by atoms with E-state index in [0.717, 1.165) is 45.8 Å².